The van der Waals surface area contributed by atoms with Crippen LogP contribution in [0.15, 0.2) is 11.1 Å². The fourth-order valence-electron chi connectivity index (χ4n) is 1.38. The summed E-state index contributed by atoms with van der Waals surface area (Å²) in [5, 5.41) is 6.21. The van der Waals surface area contributed by atoms with Gasteiger partial charge in [0.05, 0.1) is 13.7 Å². The Morgan fingerprint density at radius 3 is 2.82 bits per heavy atom. The van der Waals surface area contributed by atoms with Gasteiger partial charge in [-0.2, -0.15) is 9.97 Å². The van der Waals surface area contributed by atoms with Crippen molar-refractivity contribution in [2.75, 3.05) is 44.5 Å². The molecule has 2 N–H and O–H groups in total. The lowest BCUT2D eigenvalue weighted by Gasteiger charge is -2.13. The van der Waals surface area contributed by atoms with E-state index in [4.69, 9.17) is 4.74 Å². The van der Waals surface area contributed by atoms with Crippen LogP contribution in [-0.4, -0.2) is 50.2 Å². The quantitative estimate of drug-likeness (QED) is 0.764. The summed E-state index contributed by atoms with van der Waals surface area (Å²) in [6.45, 7) is 1.64. The molecule has 0 bridgehead atoms. The van der Waals surface area contributed by atoms with Gasteiger partial charge in [0.25, 0.3) is 0 Å². The van der Waals surface area contributed by atoms with E-state index >= 15 is 0 Å². The van der Waals surface area contributed by atoms with E-state index in [9.17, 15) is 0 Å². The molecule has 17 heavy (non-hydrogen) atoms. The normalized spacial score (nSPS) is 13.9. The molecule has 0 spiro atoms. The number of aromatic nitrogens is 2. The molecule has 2 rings (SSSR count). The number of nitrogens with one attached hydrogen (secondary N) is 2. The van der Waals surface area contributed by atoms with Gasteiger partial charge in [-0.3, -0.25) is 4.99 Å². The van der Waals surface area contributed by atoms with E-state index in [1.54, 1.807) is 13.2 Å². The number of hydrogen-bond acceptors (Lipinski definition) is 7. The maximum Gasteiger partial charge on any atom is 0.230 e. The summed E-state index contributed by atoms with van der Waals surface area (Å²) in [6.07, 6.45) is 0. The van der Waals surface area contributed by atoms with E-state index in [0.717, 1.165) is 19.0 Å². The largest absolute Gasteiger partial charge is 0.481 e. The summed E-state index contributed by atoms with van der Waals surface area (Å²) < 4.78 is 5.13. The van der Waals surface area contributed by atoms with Crippen LogP contribution < -0.4 is 20.3 Å². The van der Waals surface area contributed by atoms with E-state index < -0.39 is 0 Å². The highest BCUT2D eigenvalue weighted by Gasteiger charge is 2.10. The summed E-state index contributed by atoms with van der Waals surface area (Å²) in [6, 6.07) is 1.73. The Balaban J connectivity index is 2.22. The molecule has 0 aliphatic carbocycles. The molecule has 1 aromatic heterocycles. The standard InChI is InChI=1S/C10H16N6O/c1-16(2)10-14-7(6-8(15-10)17-3)13-9-11-4-5-12-9/h6H,4-5H2,1-3H3,(H2,11,12,13,14,15). The maximum absolute atomic E-state index is 5.13. The molecule has 7 heteroatoms. The Kier molecular flexibility index (Phi) is 3.27. The molecule has 92 valence electrons. The molecule has 0 amide bonds. The van der Waals surface area contributed by atoms with E-state index in [1.807, 2.05) is 19.0 Å². The van der Waals surface area contributed by atoms with Crippen molar-refractivity contribution in [3.63, 3.8) is 0 Å². The van der Waals surface area contributed by atoms with Gasteiger partial charge in [-0.15, -0.1) is 0 Å². The van der Waals surface area contributed by atoms with Crippen LogP contribution in [0.4, 0.5) is 11.8 Å². The minimum Gasteiger partial charge on any atom is -0.481 e. The smallest absolute Gasteiger partial charge is 0.230 e. The third kappa shape index (κ3) is 2.74. The van der Waals surface area contributed by atoms with Crippen LogP contribution in [-0.2, 0) is 0 Å². The van der Waals surface area contributed by atoms with Gasteiger partial charge in [-0.1, -0.05) is 0 Å². The molecule has 7 nitrogen and oxygen atoms in total. The van der Waals surface area contributed by atoms with Crippen molar-refractivity contribution in [1.82, 2.24) is 15.3 Å². The fraction of sp³-hybridized carbons (Fsp3) is 0.500. The second kappa shape index (κ2) is 4.86. The first kappa shape index (κ1) is 11.4. The van der Waals surface area contributed by atoms with E-state index in [0.29, 0.717) is 17.6 Å². The highest BCUT2D eigenvalue weighted by Crippen LogP contribution is 2.17. The Labute approximate surface area is 99.9 Å². The molecule has 0 fully saturated rings. The molecular formula is C10H16N6O. The molecule has 1 aromatic rings. The van der Waals surface area contributed by atoms with Gasteiger partial charge in [0, 0.05) is 26.7 Å². The van der Waals surface area contributed by atoms with Gasteiger partial charge in [0.1, 0.15) is 5.82 Å². The zero-order valence-electron chi connectivity index (χ0n) is 10.2. The second-order valence-corrected chi connectivity index (χ2v) is 3.77. The Morgan fingerprint density at radius 2 is 2.24 bits per heavy atom. The van der Waals surface area contributed by atoms with Crippen molar-refractivity contribution >= 4 is 17.7 Å². The zero-order chi connectivity index (χ0) is 12.3. The number of anilines is 2. The van der Waals surface area contributed by atoms with Crippen molar-refractivity contribution in [3.8, 4) is 5.88 Å². The molecule has 0 atom stereocenters. The van der Waals surface area contributed by atoms with Crippen LogP contribution in [0.25, 0.3) is 0 Å². The molecule has 0 aromatic carbocycles. The predicted octanol–water partition coefficient (Wildman–Crippen LogP) is -0.0777. The summed E-state index contributed by atoms with van der Waals surface area (Å²) in [5.41, 5.74) is 0. The number of methoxy groups -OCH3 is 1. The van der Waals surface area contributed by atoms with Crippen molar-refractivity contribution < 1.29 is 4.74 Å². The number of guanidine groups is 1. The molecule has 0 saturated heterocycles. The number of aliphatic imine (C=N–C) groups is 1. The van der Waals surface area contributed by atoms with Gasteiger partial charge < -0.3 is 20.3 Å². The van der Waals surface area contributed by atoms with E-state index in [-0.39, 0.29) is 0 Å². The van der Waals surface area contributed by atoms with Gasteiger partial charge in [0.2, 0.25) is 11.8 Å². The molecule has 0 saturated carbocycles. The molecule has 0 unspecified atom stereocenters. The highest BCUT2D eigenvalue weighted by molar-refractivity contribution is 5.93. The van der Waals surface area contributed by atoms with Crippen LogP contribution in [0.2, 0.25) is 0 Å². The van der Waals surface area contributed by atoms with Crippen LogP contribution >= 0.6 is 0 Å². The minimum absolute atomic E-state index is 0.518. The van der Waals surface area contributed by atoms with E-state index in [1.165, 1.54) is 0 Å². The van der Waals surface area contributed by atoms with Crippen molar-refractivity contribution in [2.24, 2.45) is 4.99 Å². The van der Waals surface area contributed by atoms with E-state index in [2.05, 4.69) is 25.6 Å². The van der Waals surface area contributed by atoms with Gasteiger partial charge in [0.15, 0.2) is 5.96 Å². The van der Waals surface area contributed by atoms with Gasteiger partial charge in [-0.05, 0) is 0 Å². The first-order valence-corrected chi connectivity index (χ1v) is 5.35. The lowest BCUT2D eigenvalue weighted by molar-refractivity contribution is 0.397. The van der Waals surface area contributed by atoms with Crippen molar-refractivity contribution in [3.05, 3.63) is 6.07 Å². The van der Waals surface area contributed by atoms with Gasteiger partial charge in [-0.25, -0.2) is 0 Å². The monoisotopic (exact) mass is 236 g/mol. The number of nitrogens with zero attached hydrogens (tertiary/aromatic N) is 4. The summed E-state index contributed by atoms with van der Waals surface area (Å²) in [5.74, 6) is 2.50. The number of rotatable bonds is 3. The summed E-state index contributed by atoms with van der Waals surface area (Å²) in [7, 11) is 5.34. The Bertz CT molecular complexity index is 431. The predicted molar refractivity (Wildman–Crippen MR) is 66.8 cm³/mol. The van der Waals surface area contributed by atoms with Crippen LogP contribution in [0.5, 0.6) is 5.88 Å². The molecule has 2 heterocycles. The molecule has 1 aliphatic rings. The highest BCUT2D eigenvalue weighted by atomic mass is 16.5. The Morgan fingerprint density at radius 1 is 1.41 bits per heavy atom. The average Bonchev–Trinajstić information content (AvgIpc) is 2.81. The average molecular weight is 236 g/mol. The third-order valence-corrected chi connectivity index (χ3v) is 2.22. The molecule has 0 radical (unpaired) electrons. The maximum atomic E-state index is 5.13. The topological polar surface area (TPSA) is 74.7 Å². The van der Waals surface area contributed by atoms with Crippen LogP contribution in [0.3, 0.4) is 0 Å². The number of ether oxygens (including phenoxy) is 1. The lowest BCUT2D eigenvalue weighted by Crippen LogP contribution is -2.27. The fourth-order valence-corrected chi connectivity index (χ4v) is 1.38. The van der Waals surface area contributed by atoms with Crippen LogP contribution in [0.1, 0.15) is 0 Å². The summed E-state index contributed by atoms with van der Waals surface area (Å²) >= 11 is 0. The Hall–Kier alpha value is -2.05. The van der Waals surface area contributed by atoms with Crippen LogP contribution in [0, 0.1) is 0 Å². The first-order chi connectivity index (χ1) is 8.19. The lowest BCUT2D eigenvalue weighted by atomic mass is 10.5. The second-order valence-electron chi connectivity index (χ2n) is 3.77. The summed E-state index contributed by atoms with van der Waals surface area (Å²) in [4.78, 5) is 14.6. The number of hydrogen-bond donors (Lipinski definition) is 2. The SMILES string of the molecule is COc1cc(NC2=NCCN2)nc(N(C)C)n1. The molecule has 1 aliphatic heterocycles. The molecular weight excluding hydrogens is 220 g/mol. The minimum atomic E-state index is 0.518. The first-order valence-electron chi connectivity index (χ1n) is 5.35. The zero-order valence-corrected chi connectivity index (χ0v) is 10.2. The van der Waals surface area contributed by atoms with Gasteiger partial charge >= 0.3 is 0 Å². The third-order valence-electron chi connectivity index (χ3n) is 2.22. The van der Waals surface area contributed by atoms with Crippen molar-refractivity contribution in [2.45, 2.75) is 0 Å². The van der Waals surface area contributed by atoms with Crippen molar-refractivity contribution in [1.29, 1.82) is 0 Å².